The van der Waals surface area contributed by atoms with Gasteiger partial charge in [-0.1, -0.05) is 5.16 Å². The molecule has 0 radical (unpaired) electrons. The second-order valence-electron chi connectivity index (χ2n) is 2.84. The van der Waals surface area contributed by atoms with Crippen LogP contribution in [0, 0.1) is 6.92 Å². The maximum atomic E-state index is 11.3. The molecule has 0 bridgehead atoms. The van der Waals surface area contributed by atoms with Crippen molar-refractivity contribution < 1.29 is 19.5 Å². The topological polar surface area (TPSA) is 95.6 Å². The third kappa shape index (κ3) is 2.54. The molecule has 6 heteroatoms. The van der Waals surface area contributed by atoms with Crippen molar-refractivity contribution in [2.45, 2.75) is 13.0 Å². The molecule has 1 aromatic heterocycles. The zero-order valence-corrected chi connectivity index (χ0v) is 7.73. The van der Waals surface area contributed by atoms with E-state index in [0.29, 0.717) is 11.3 Å². The van der Waals surface area contributed by atoms with Crippen LogP contribution < -0.4 is 5.32 Å². The van der Waals surface area contributed by atoms with Crippen LogP contribution >= 0.6 is 0 Å². The Morgan fingerprint density at radius 2 is 2.50 bits per heavy atom. The van der Waals surface area contributed by atoms with Crippen LogP contribution in [0.2, 0.25) is 0 Å². The van der Waals surface area contributed by atoms with Gasteiger partial charge in [0.05, 0.1) is 18.9 Å². The first-order valence-electron chi connectivity index (χ1n) is 4.13. The number of hydrogen-bond acceptors (Lipinski definition) is 5. The lowest BCUT2D eigenvalue weighted by Gasteiger charge is -2.07. The van der Waals surface area contributed by atoms with E-state index in [9.17, 15) is 4.79 Å². The van der Waals surface area contributed by atoms with Crippen LogP contribution in [0.4, 0.5) is 0 Å². The van der Waals surface area contributed by atoms with E-state index in [1.807, 2.05) is 0 Å². The third-order valence-electron chi connectivity index (χ3n) is 1.70. The minimum Gasteiger partial charge on any atom is -0.394 e. The van der Waals surface area contributed by atoms with E-state index in [2.05, 4.69) is 10.5 Å². The van der Waals surface area contributed by atoms with E-state index in [0.717, 1.165) is 0 Å². The SMILES string of the molecule is Cc1oncc1C(=O)NCC(O)CO. The number of amides is 1. The predicted molar refractivity (Wildman–Crippen MR) is 46.7 cm³/mol. The molecule has 6 nitrogen and oxygen atoms in total. The monoisotopic (exact) mass is 200 g/mol. The molecule has 1 aromatic rings. The van der Waals surface area contributed by atoms with Gasteiger partial charge >= 0.3 is 0 Å². The average Bonchev–Trinajstić information content (AvgIpc) is 2.60. The summed E-state index contributed by atoms with van der Waals surface area (Å²) in [5.74, 6) is 0.0391. The van der Waals surface area contributed by atoms with Gasteiger partial charge in [0.15, 0.2) is 0 Å². The van der Waals surface area contributed by atoms with Gasteiger partial charge in [-0.25, -0.2) is 0 Å². The number of aliphatic hydroxyl groups is 2. The summed E-state index contributed by atoms with van der Waals surface area (Å²) in [5.41, 5.74) is 0.329. The first kappa shape index (κ1) is 10.7. The lowest BCUT2D eigenvalue weighted by Crippen LogP contribution is -2.33. The molecule has 0 aliphatic carbocycles. The van der Waals surface area contributed by atoms with Crippen LogP contribution in [-0.4, -0.2) is 40.5 Å². The predicted octanol–water partition coefficient (Wildman–Crippen LogP) is -0.934. The molecule has 1 atom stereocenters. The Kier molecular flexibility index (Phi) is 3.61. The number of nitrogens with zero attached hydrogens (tertiary/aromatic N) is 1. The summed E-state index contributed by atoms with van der Waals surface area (Å²) in [6, 6.07) is 0. The van der Waals surface area contributed by atoms with Crippen molar-refractivity contribution in [3.8, 4) is 0 Å². The highest BCUT2D eigenvalue weighted by Crippen LogP contribution is 2.04. The molecule has 0 saturated carbocycles. The highest BCUT2D eigenvalue weighted by molar-refractivity contribution is 5.94. The van der Waals surface area contributed by atoms with Crippen LogP contribution in [0.25, 0.3) is 0 Å². The van der Waals surface area contributed by atoms with Crippen molar-refractivity contribution in [3.63, 3.8) is 0 Å². The number of nitrogens with one attached hydrogen (secondary N) is 1. The minimum atomic E-state index is -0.945. The molecule has 3 N–H and O–H groups in total. The Labute approximate surface area is 80.5 Å². The van der Waals surface area contributed by atoms with Crippen molar-refractivity contribution in [3.05, 3.63) is 17.5 Å². The van der Waals surface area contributed by atoms with Crippen molar-refractivity contribution in [1.82, 2.24) is 10.5 Å². The molecule has 0 aliphatic heterocycles. The smallest absolute Gasteiger partial charge is 0.256 e. The number of carbonyl (C=O) groups is 1. The number of rotatable bonds is 4. The van der Waals surface area contributed by atoms with Gasteiger partial charge in [0.1, 0.15) is 11.3 Å². The second-order valence-corrected chi connectivity index (χ2v) is 2.84. The van der Waals surface area contributed by atoms with E-state index in [1.165, 1.54) is 6.20 Å². The van der Waals surface area contributed by atoms with Gasteiger partial charge < -0.3 is 20.1 Å². The molecule has 1 unspecified atom stereocenters. The normalized spacial score (nSPS) is 12.5. The molecule has 1 amide bonds. The maximum absolute atomic E-state index is 11.3. The maximum Gasteiger partial charge on any atom is 0.256 e. The summed E-state index contributed by atoms with van der Waals surface area (Å²) in [5, 5.41) is 23.3. The average molecular weight is 200 g/mol. The number of aliphatic hydroxyl groups excluding tert-OH is 2. The van der Waals surface area contributed by atoms with Gasteiger partial charge in [-0.2, -0.15) is 0 Å². The fourth-order valence-corrected chi connectivity index (χ4v) is 0.887. The lowest BCUT2D eigenvalue weighted by atomic mass is 10.2. The number of aromatic nitrogens is 1. The summed E-state index contributed by atoms with van der Waals surface area (Å²) in [4.78, 5) is 11.3. The molecule has 1 rings (SSSR count). The van der Waals surface area contributed by atoms with Gasteiger partial charge in [-0.3, -0.25) is 4.79 Å². The van der Waals surface area contributed by atoms with Gasteiger partial charge in [-0.15, -0.1) is 0 Å². The number of carbonyl (C=O) groups excluding carboxylic acids is 1. The first-order valence-corrected chi connectivity index (χ1v) is 4.13. The van der Waals surface area contributed by atoms with E-state index < -0.39 is 6.10 Å². The number of hydrogen-bond donors (Lipinski definition) is 3. The van der Waals surface area contributed by atoms with Crippen LogP contribution in [0.3, 0.4) is 0 Å². The Morgan fingerprint density at radius 1 is 1.79 bits per heavy atom. The minimum absolute atomic E-state index is 0.0000463. The van der Waals surface area contributed by atoms with E-state index >= 15 is 0 Å². The van der Waals surface area contributed by atoms with Crippen LogP contribution in [0.1, 0.15) is 16.1 Å². The van der Waals surface area contributed by atoms with Gasteiger partial charge in [0, 0.05) is 6.54 Å². The Balaban J connectivity index is 2.47. The highest BCUT2D eigenvalue weighted by Gasteiger charge is 2.13. The Hall–Kier alpha value is -1.40. The zero-order chi connectivity index (χ0) is 10.6. The molecule has 0 aromatic carbocycles. The highest BCUT2D eigenvalue weighted by atomic mass is 16.5. The Morgan fingerprint density at radius 3 is 3.00 bits per heavy atom. The quantitative estimate of drug-likeness (QED) is 0.583. The van der Waals surface area contributed by atoms with Crippen LogP contribution in [0.15, 0.2) is 10.7 Å². The molecule has 78 valence electrons. The molecule has 0 aliphatic rings. The summed E-state index contributed by atoms with van der Waals surface area (Å²) >= 11 is 0. The largest absolute Gasteiger partial charge is 0.394 e. The summed E-state index contributed by atoms with van der Waals surface area (Å²) in [6.07, 6.45) is 0.356. The van der Waals surface area contributed by atoms with Crippen LogP contribution in [-0.2, 0) is 0 Å². The number of aryl methyl sites for hydroxylation is 1. The van der Waals surface area contributed by atoms with E-state index in [1.54, 1.807) is 6.92 Å². The molecular formula is C8H12N2O4. The second kappa shape index (κ2) is 4.73. The van der Waals surface area contributed by atoms with Crippen molar-refractivity contribution in [2.75, 3.05) is 13.2 Å². The van der Waals surface area contributed by atoms with Crippen molar-refractivity contribution in [2.24, 2.45) is 0 Å². The zero-order valence-electron chi connectivity index (χ0n) is 7.73. The van der Waals surface area contributed by atoms with Crippen LogP contribution in [0.5, 0.6) is 0 Å². The fraction of sp³-hybridized carbons (Fsp3) is 0.500. The third-order valence-corrected chi connectivity index (χ3v) is 1.70. The summed E-state index contributed by atoms with van der Waals surface area (Å²) < 4.78 is 4.70. The van der Waals surface area contributed by atoms with E-state index in [4.69, 9.17) is 14.7 Å². The van der Waals surface area contributed by atoms with Gasteiger partial charge in [0.25, 0.3) is 5.91 Å². The molecule has 1 heterocycles. The fourth-order valence-electron chi connectivity index (χ4n) is 0.887. The van der Waals surface area contributed by atoms with Crippen molar-refractivity contribution >= 4 is 5.91 Å². The van der Waals surface area contributed by atoms with Gasteiger partial charge in [0.2, 0.25) is 0 Å². The molecule has 14 heavy (non-hydrogen) atoms. The molecular weight excluding hydrogens is 188 g/mol. The molecule has 0 fully saturated rings. The molecule has 0 saturated heterocycles. The first-order chi connectivity index (χ1) is 6.65. The Bertz CT molecular complexity index is 310. The summed E-state index contributed by atoms with van der Waals surface area (Å²) in [6.45, 7) is 1.23. The lowest BCUT2D eigenvalue weighted by molar-refractivity contribution is 0.0801. The molecule has 0 spiro atoms. The van der Waals surface area contributed by atoms with E-state index in [-0.39, 0.29) is 19.1 Å². The van der Waals surface area contributed by atoms with Gasteiger partial charge in [-0.05, 0) is 6.92 Å². The standard InChI is InChI=1S/C8H12N2O4/c1-5-7(3-10-14-5)8(13)9-2-6(12)4-11/h3,6,11-12H,2,4H2,1H3,(H,9,13). The van der Waals surface area contributed by atoms with Crippen molar-refractivity contribution in [1.29, 1.82) is 0 Å². The summed E-state index contributed by atoms with van der Waals surface area (Å²) in [7, 11) is 0.